The van der Waals surface area contributed by atoms with Crippen molar-refractivity contribution in [1.29, 1.82) is 0 Å². The maximum atomic E-state index is 6.38. The summed E-state index contributed by atoms with van der Waals surface area (Å²) in [5.74, 6) is 0. The minimum Gasteiger partial charge on any atom is -0.468 e. The van der Waals surface area contributed by atoms with Gasteiger partial charge in [0.2, 0.25) is 0 Å². The van der Waals surface area contributed by atoms with Crippen LogP contribution in [-0.4, -0.2) is 17.4 Å². The number of nitrogens with zero attached hydrogens (tertiary/aromatic N) is 3. The Morgan fingerprint density at radius 1 is 0.812 bits per heavy atom. The molecule has 32 heavy (non-hydrogen) atoms. The summed E-state index contributed by atoms with van der Waals surface area (Å²) in [6, 6.07) is 27.6. The number of anilines is 3. The van der Waals surface area contributed by atoms with Gasteiger partial charge in [0, 0.05) is 22.3 Å². The van der Waals surface area contributed by atoms with Crippen molar-refractivity contribution in [3.8, 4) is 0 Å². The molecule has 6 rings (SSSR count). The monoisotopic (exact) mass is 419 g/mol. The Bertz CT molecular complexity index is 1360. The van der Waals surface area contributed by atoms with Gasteiger partial charge in [0.05, 0.1) is 11.4 Å². The van der Waals surface area contributed by atoms with E-state index < -0.39 is 0 Å². The molecule has 0 saturated heterocycles. The van der Waals surface area contributed by atoms with Gasteiger partial charge in [-0.15, -0.1) is 0 Å². The molecule has 158 valence electrons. The zero-order chi connectivity index (χ0) is 22.0. The molecule has 4 nitrogen and oxygen atoms in total. The van der Waals surface area contributed by atoms with E-state index in [4.69, 9.17) is 4.42 Å². The first-order valence-corrected chi connectivity index (χ1v) is 11.2. The van der Waals surface area contributed by atoms with E-state index in [0.29, 0.717) is 0 Å². The summed E-state index contributed by atoms with van der Waals surface area (Å²) in [6.07, 6.45) is 2.27. The summed E-state index contributed by atoms with van der Waals surface area (Å²) < 4.78 is 6.38. The molecule has 0 bridgehead atoms. The highest BCUT2D eigenvalue weighted by Gasteiger charge is 2.49. The van der Waals surface area contributed by atoms with Crippen LogP contribution in [0.25, 0.3) is 17.0 Å². The van der Waals surface area contributed by atoms with E-state index in [9.17, 15) is 0 Å². The lowest BCUT2D eigenvalue weighted by Crippen LogP contribution is -2.64. The molecule has 5 heteroatoms. The fourth-order valence-corrected chi connectivity index (χ4v) is 5.49. The highest BCUT2D eigenvalue weighted by molar-refractivity contribution is 6.70. The van der Waals surface area contributed by atoms with Gasteiger partial charge in [0.25, 0.3) is 0 Å². The van der Waals surface area contributed by atoms with Gasteiger partial charge in [-0.1, -0.05) is 55.4 Å². The standard InChI is InChI=1S/C27H26BN3O/c1-19-18-22-21-14-8-11-17-25(21)32-26(22)28(4)31(19)30-24-16-10-9-15-23(24)29(27(30,2)3)20-12-6-5-7-13-20/h5-18H,1-4H3. The third-order valence-electron chi connectivity index (χ3n) is 6.77. The first-order valence-electron chi connectivity index (χ1n) is 11.2. The summed E-state index contributed by atoms with van der Waals surface area (Å²) in [5, 5.41) is 3.61. The van der Waals surface area contributed by atoms with Crippen molar-refractivity contribution in [2.75, 3.05) is 9.91 Å². The van der Waals surface area contributed by atoms with E-state index in [1.54, 1.807) is 0 Å². The van der Waals surface area contributed by atoms with E-state index in [1.807, 2.05) is 6.07 Å². The Morgan fingerprint density at radius 2 is 1.47 bits per heavy atom. The molecule has 0 atom stereocenters. The summed E-state index contributed by atoms with van der Waals surface area (Å²) in [7, 11) is 0. The van der Waals surface area contributed by atoms with E-state index in [0.717, 1.165) is 11.2 Å². The molecule has 0 unspecified atom stereocenters. The number of allylic oxidation sites excluding steroid dienone is 1. The molecule has 0 N–H and O–H groups in total. The van der Waals surface area contributed by atoms with Gasteiger partial charge < -0.3 is 14.2 Å². The van der Waals surface area contributed by atoms with E-state index in [2.05, 4.69) is 121 Å². The van der Waals surface area contributed by atoms with Crippen LogP contribution in [0.4, 0.5) is 17.1 Å². The fourth-order valence-electron chi connectivity index (χ4n) is 5.49. The summed E-state index contributed by atoms with van der Waals surface area (Å²) >= 11 is 0. The van der Waals surface area contributed by atoms with Crippen molar-refractivity contribution in [3.63, 3.8) is 0 Å². The van der Waals surface area contributed by atoms with Gasteiger partial charge >= 0.3 is 6.85 Å². The van der Waals surface area contributed by atoms with Crippen LogP contribution >= 0.6 is 0 Å². The van der Waals surface area contributed by atoms with Crippen LogP contribution in [0.2, 0.25) is 6.82 Å². The van der Waals surface area contributed by atoms with Crippen molar-refractivity contribution >= 4 is 46.6 Å². The van der Waals surface area contributed by atoms with Crippen molar-refractivity contribution < 1.29 is 4.42 Å². The number of para-hydroxylation sites is 4. The number of hydrazine groups is 1. The van der Waals surface area contributed by atoms with Crippen molar-refractivity contribution in [2.45, 2.75) is 33.3 Å². The Kier molecular flexibility index (Phi) is 4.00. The molecule has 0 radical (unpaired) electrons. The third-order valence-corrected chi connectivity index (χ3v) is 6.77. The van der Waals surface area contributed by atoms with Gasteiger partial charge in [-0.25, -0.2) is 0 Å². The number of furan rings is 1. The highest BCUT2D eigenvalue weighted by atomic mass is 16.3. The van der Waals surface area contributed by atoms with Crippen molar-refractivity contribution in [1.82, 2.24) is 4.92 Å². The van der Waals surface area contributed by atoms with Gasteiger partial charge in [-0.05, 0) is 57.2 Å². The normalized spacial score (nSPS) is 16.9. The topological polar surface area (TPSA) is 22.9 Å². The molecule has 0 fully saturated rings. The Hall–Kier alpha value is -3.60. The zero-order valence-corrected chi connectivity index (χ0v) is 18.9. The molecule has 2 aliphatic rings. The number of rotatable bonds is 2. The predicted molar refractivity (Wildman–Crippen MR) is 135 cm³/mol. The van der Waals surface area contributed by atoms with Gasteiger partial charge in [-0.3, -0.25) is 5.01 Å². The molecular weight excluding hydrogens is 393 g/mol. The average molecular weight is 419 g/mol. The molecule has 3 aromatic carbocycles. The number of hydrogen-bond acceptors (Lipinski definition) is 4. The molecule has 0 amide bonds. The average Bonchev–Trinajstić information content (AvgIpc) is 3.27. The second-order valence-corrected chi connectivity index (χ2v) is 9.15. The minimum absolute atomic E-state index is 0.0606. The number of benzene rings is 3. The second kappa shape index (κ2) is 6.70. The number of fused-ring (bicyclic) bond motifs is 4. The van der Waals surface area contributed by atoms with Crippen LogP contribution in [0.1, 0.15) is 26.3 Å². The second-order valence-electron chi connectivity index (χ2n) is 9.15. The van der Waals surface area contributed by atoms with E-state index >= 15 is 0 Å². The first-order chi connectivity index (χ1) is 15.5. The minimum atomic E-state index is -0.322. The number of hydrogen-bond donors (Lipinski definition) is 0. The van der Waals surface area contributed by atoms with Gasteiger partial charge in [0.1, 0.15) is 16.9 Å². The largest absolute Gasteiger partial charge is 0.468 e. The van der Waals surface area contributed by atoms with Crippen LogP contribution in [0.15, 0.2) is 89.0 Å². The Labute approximate surface area is 189 Å². The lowest BCUT2D eigenvalue weighted by molar-refractivity contribution is 0.352. The molecule has 0 aliphatic carbocycles. The van der Waals surface area contributed by atoms with Crippen LogP contribution in [0.5, 0.6) is 0 Å². The molecule has 2 aliphatic heterocycles. The zero-order valence-electron chi connectivity index (χ0n) is 18.9. The maximum absolute atomic E-state index is 6.38. The summed E-state index contributed by atoms with van der Waals surface area (Å²) in [6.45, 7) is 9.07. The lowest BCUT2D eigenvalue weighted by atomic mass is 9.58. The SMILES string of the molecule is CB1c2oc3ccccc3c2C=C(C)N1N1c2ccccc2N(c2ccccc2)C1(C)C. The van der Waals surface area contributed by atoms with Crippen LogP contribution < -0.4 is 15.6 Å². The predicted octanol–water partition coefficient (Wildman–Crippen LogP) is 6.25. The highest BCUT2D eigenvalue weighted by Crippen LogP contribution is 2.50. The summed E-state index contributed by atoms with van der Waals surface area (Å²) in [4.78, 5) is 4.82. The first kappa shape index (κ1) is 19.1. The van der Waals surface area contributed by atoms with Crippen LogP contribution in [-0.2, 0) is 0 Å². The van der Waals surface area contributed by atoms with Crippen molar-refractivity contribution in [2.24, 2.45) is 0 Å². The van der Waals surface area contributed by atoms with Crippen LogP contribution in [0, 0.1) is 0 Å². The Morgan fingerprint density at radius 3 is 2.25 bits per heavy atom. The summed E-state index contributed by atoms with van der Waals surface area (Å²) in [5.41, 5.74) is 7.63. The molecule has 4 aromatic rings. The molecular formula is C27H26BN3O. The smallest absolute Gasteiger partial charge is 0.353 e. The molecule has 3 heterocycles. The Balaban J connectivity index is 1.52. The van der Waals surface area contributed by atoms with E-state index in [-0.39, 0.29) is 12.5 Å². The molecule has 1 aromatic heterocycles. The van der Waals surface area contributed by atoms with Crippen LogP contribution in [0.3, 0.4) is 0 Å². The third kappa shape index (κ3) is 2.51. The molecule has 0 saturated carbocycles. The quantitative estimate of drug-likeness (QED) is 0.359. The van der Waals surface area contributed by atoms with Gasteiger partial charge in [0.15, 0.2) is 0 Å². The van der Waals surface area contributed by atoms with E-state index in [1.165, 1.54) is 33.7 Å². The van der Waals surface area contributed by atoms with Crippen molar-refractivity contribution in [3.05, 3.63) is 90.1 Å². The van der Waals surface area contributed by atoms with Gasteiger partial charge in [-0.2, -0.15) is 0 Å². The lowest BCUT2D eigenvalue weighted by Gasteiger charge is -2.49. The maximum Gasteiger partial charge on any atom is 0.353 e. The molecule has 0 spiro atoms. The fraction of sp³-hybridized carbons (Fsp3) is 0.185.